The molecule has 35 heavy (non-hydrogen) atoms. The minimum Gasteiger partial charge on any atom is -0.462 e. The maximum Gasteiger partial charge on any atom is 0.343 e. The molecule has 0 bridgehead atoms. The first-order valence-electron chi connectivity index (χ1n) is 12.3. The van der Waals surface area contributed by atoms with Gasteiger partial charge in [-0.05, 0) is 86.6 Å². The van der Waals surface area contributed by atoms with Crippen LogP contribution in [0.1, 0.15) is 76.4 Å². The highest BCUT2D eigenvalue weighted by molar-refractivity contribution is 5.91. The molecule has 0 amide bonds. The second-order valence-corrected chi connectivity index (χ2v) is 8.76. The van der Waals surface area contributed by atoms with Crippen molar-refractivity contribution in [2.75, 3.05) is 6.61 Å². The summed E-state index contributed by atoms with van der Waals surface area (Å²) in [5, 5.41) is 0. The van der Waals surface area contributed by atoms with Crippen LogP contribution in [0.15, 0.2) is 66.7 Å². The van der Waals surface area contributed by atoms with Gasteiger partial charge in [0.25, 0.3) is 0 Å². The number of benzene rings is 3. The fourth-order valence-electron chi connectivity index (χ4n) is 3.71. The molecule has 0 aliphatic heterocycles. The van der Waals surface area contributed by atoms with Crippen molar-refractivity contribution >= 4 is 11.9 Å². The number of hydrogen-bond donors (Lipinski definition) is 0. The van der Waals surface area contributed by atoms with Gasteiger partial charge in [0.05, 0.1) is 17.7 Å². The fourth-order valence-corrected chi connectivity index (χ4v) is 3.71. The Morgan fingerprint density at radius 3 is 2.09 bits per heavy atom. The Morgan fingerprint density at radius 2 is 1.43 bits per heavy atom. The zero-order valence-electron chi connectivity index (χ0n) is 20.5. The van der Waals surface area contributed by atoms with Crippen LogP contribution in [-0.2, 0) is 17.6 Å². The SMILES string of the molecule is CCCCCOC(=O)c1ccc(CCCCc2ccc(OC(=O)c3ccc(C)cc3)cc2)cc1F. The molecular formula is C30H33FO4. The topological polar surface area (TPSA) is 52.6 Å². The molecule has 3 aromatic carbocycles. The van der Waals surface area contributed by atoms with Gasteiger partial charge in [0.1, 0.15) is 11.6 Å². The third kappa shape index (κ3) is 8.36. The number of esters is 2. The third-order valence-corrected chi connectivity index (χ3v) is 5.84. The van der Waals surface area contributed by atoms with E-state index in [-0.39, 0.29) is 11.5 Å². The van der Waals surface area contributed by atoms with E-state index in [1.54, 1.807) is 30.3 Å². The van der Waals surface area contributed by atoms with Gasteiger partial charge in [-0.1, -0.05) is 55.7 Å². The highest BCUT2D eigenvalue weighted by atomic mass is 19.1. The van der Waals surface area contributed by atoms with E-state index in [0.717, 1.165) is 61.6 Å². The van der Waals surface area contributed by atoms with Gasteiger partial charge in [0.15, 0.2) is 0 Å². The van der Waals surface area contributed by atoms with Crippen molar-refractivity contribution in [1.29, 1.82) is 0 Å². The summed E-state index contributed by atoms with van der Waals surface area (Å²) in [4.78, 5) is 24.3. The Morgan fingerprint density at radius 1 is 0.771 bits per heavy atom. The summed E-state index contributed by atoms with van der Waals surface area (Å²) in [6, 6.07) is 19.5. The van der Waals surface area contributed by atoms with Crippen molar-refractivity contribution in [3.63, 3.8) is 0 Å². The van der Waals surface area contributed by atoms with Crippen LogP contribution in [0.2, 0.25) is 0 Å². The summed E-state index contributed by atoms with van der Waals surface area (Å²) in [5.74, 6) is -0.989. The second kappa shape index (κ2) is 13.4. The van der Waals surface area contributed by atoms with Gasteiger partial charge in [-0.2, -0.15) is 0 Å². The number of aryl methyl sites for hydroxylation is 3. The quantitative estimate of drug-likeness (QED) is 0.157. The van der Waals surface area contributed by atoms with Crippen molar-refractivity contribution in [3.8, 4) is 5.75 Å². The molecule has 0 N–H and O–H groups in total. The van der Waals surface area contributed by atoms with Gasteiger partial charge < -0.3 is 9.47 Å². The molecule has 0 saturated carbocycles. The molecule has 0 aromatic heterocycles. The number of ether oxygens (including phenoxy) is 2. The first-order chi connectivity index (χ1) is 17.0. The molecule has 4 nitrogen and oxygen atoms in total. The Labute approximate surface area is 207 Å². The molecular weight excluding hydrogens is 443 g/mol. The van der Waals surface area contributed by atoms with Crippen LogP contribution in [0.5, 0.6) is 5.75 Å². The van der Waals surface area contributed by atoms with Crippen molar-refractivity contribution < 1.29 is 23.5 Å². The maximum absolute atomic E-state index is 14.4. The molecule has 0 aliphatic rings. The Hall–Kier alpha value is -3.47. The summed E-state index contributed by atoms with van der Waals surface area (Å²) < 4.78 is 25.0. The summed E-state index contributed by atoms with van der Waals surface area (Å²) >= 11 is 0. The van der Waals surface area contributed by atoms with Gasteiger partial charge in [-0.15, -0.1) is 0 Å². The molecule has 0 spiro atoms. The number of halogens is 1. The van der Waals surface area contributed by atoms with Gasteiger partial charge in [0.2, 0.25) is 0 Å². The average Bonchev–Trinajstić information content (AvgIpc) is 2.86. The molecule has 3 rings (SSSR count). The van der Waals surface area contributed by atoms with E-state index in [2.05, 4.69) is 6.92 Å². The molecule has 0 unspecified atom stereocenters. The van der Waals surface area contributed by atoms with E-state index in [1.165, 1.54) is 12.1 Å². The van der Waals surface area contributed by atoms with E-state index in [0.29, 0.717) is 17.9 Å². The number of rotatable bonds is 12. The lowest BCUT2D eigenvalue weighted by Gasteiger charge is -2.08. The smallest absolute Gasteiger partial charge is 0.343 e. The summed E-state index contributed by atoms with van der Waals surface area (Å²) in [7, 11) is 0. The lowest BCUT2D eigenvalue weighted by molar-refractivity contribution is 0.0492. The minimum atomic E-state index is -0.599. The lowest BCUT2D eigenvalue weighted by Crippen LogP contribution is -2.09. The van der Waals surface area contributed by atoms with Crippen LogP contribution >= 0.6 is 0 Å². The van der Waals surface area contributed by atoms with Crippen LogP contribution in [-0.4, -0.2) is 18.5 Å². The molecule has 0 heterocycles. The Kier molecular flexibility index (Phi) is 10.0. The van der Waals surface area contributed by atoms with Crippen LogP contribution in [0.25, 0.3) is 0 Å². The van der Waals surface area contributed by atoms with Gasteiger partial charge >= 0.3 is 11.9 Å². The van der Waals surface area contributed by atoms with E-state index in [9.17, 15) is 14.0 Å². The zero-order valence-corrected chi connectivity index (χ0v) is 20.5. The average molecular weight is 477 g/mol. The number of carbonyl (C=O) groups excluding carboxylic acids is 2. The predicted molar refractivity (Wildman–Crippen MR) is 135 cm³/mol. The van der Waals surface area contributed by atoms with Crippen LogP contribution in [0.4, 0.5) is 4.39 Å². The van der Waals surface area contributed by atoms with E-state index < -0.39 is 11.8 Å². The highest BCUT2D eigenvalue weighted by Crippen LogP contribution is 2.18. The van der Waals surface area contributed by atoms with E-state index >= 15 is 0 Å². The van der Waals surface area contributed by atoms with Crippen molar-refractivity contribution in [1.82, 2.24) is 0 Å². The van der Waals surface area contributed by atoms with Crippen LogP contribution in [0.3, 0.4) is 0 Å². The van der Waals surface area contributed by atoms with E-state index in [1.807, 2.05) is 31.2 Å². The van der Waals surface area contributed by atoms with Crippen LogP contribution < -0.4 is 4.74 Å². The van der Waals surface area contributed by atoms with E-state index in [4.69, 9.17) is 9.47 Å². The number of hydrogen-bond acceptors (Lipinski definition) is 4. The summed E-state index contributed by atoms with van der Waals surface area (Å²) in [5.41, 5.74) is 3.61. The minimum absolute atomic E-state index is 0.00610. The summed E-state index contributed by atoms with van der Waals surface area (Å²) in [6.45, 7) is 4.36. The Balaban J connectivity index is 1.41. The van der Waals surface area contributed by atoms with Gasteiger partial charge in [-0.3, -0.25) is 0 Å². The molecule has 3 aromatic rings. The second-order valence-electron chi connectivity index (χ2n) is 8.76. The normalized spacial score (nSPS) is 10.7. The Bertz CT molecular complexity index is 1100. The molecule has 0 fully saturated rings. The lowest BCUT2D eigenvalue weighted by atomic mass is 10.0. The number of carbonyl (C=O) groups is 2. The van der Waals surface area contributed by atoms with Crippen molar-refractivity contribution in [2.45, 2.75) is 58.8 Å². The van der Waals surface area contributed by atoms with Gasteiger partial charge in [-0.25, -0.2) is 14.0 Å². The van der Waals surface area contributed by atoms with Crippen molar-refractivity contribution in [3.05, 3.63) is 100 Å². The van der Waals surface area contributed by atoms with Crippen LogP contribution in [0, 0.1) is 12.7 Å². The monoisotopic (exact) mass is 476 g/mol. The molecule has 0 aliphatic carbocycles. The zero-order chi connectivity index (χ0) is 25.0. The molecule has 0 atom stereocenters. The van der Waals surface area contributed by atoms with Crippen molar-refractivity contribution in [2.24, 2.45) is 0 Å². The maximum atomic E-state index is 14.4. The molecule has 184 valence electrons. The largest absolute Gasteiger partial charge is 0.462 e. The first kappa shape index (κ1) is 26.1. The molecule has 0 radical (unpaired) electrons. The summed E-state index contributed by atoms with van der Waals surface area (Å²) in [6.07, 6.45) is 6.25. The molecule has 0 saturated heterocycles. The third-order valence-electron chi connectivity index (χ3n) is 5.84. The highest BCUT2D eigenvalue weighted by Gasteiger charge is 2.13. The van der Waals surface area contributed by atoms with Gasteiger partial charge in [0, 0.05) is 0 Å². The predicted octanol–water partition coefficient (Wildman–Crippen LogP) is 7.27. The first-order valence-corrected chi connectivity index (χ1v) is 12.3. The standard InChI is InChI=1S/C30H33FO4/c1-3-4-7-20-34-30(33)27-19-14-24(21-28(27)31)9-6-5-8-23-12-17-26(18-13-23)35-29(32)25-15-10-22(2)11-16-25/h10-19,21H,3-9,20H2,1-2H3. The number of unbranched alkanes of at least 4 members (excludes halogenated alkanes) is 3. The fraction of sp³-hybridized carbons (Fsp3) is 0.333. The molecule has 5 heteroatoms.